The van der Waals surface area contributed by atoms with Gasteiger partial charge in [-0.3, -0.25) is 14.3 Å². The van der Waals surface area contributed by atoms with Crippen LogP contribution in [-0.2, 0) is 0 Å². The zero-order chi connectivity index (χ0) is 21.3. The number of rotatable bonds is 10. The van der Waals surface area contributed by atoms with Crippen LogP contribution in [0, 0.1) is 0 Å². The van der Waals surface area contributed by atoms with Gasteiger partial charge in [-0.25, -0.2) is 9.97 Å². The van der Waals surface area contributed by atoms with Crippen molar-refractivity contribution in [3.63, 3.8) is 0 Å². The Bertz CT molecular complexity index is 1000. The minimum Gasteiger partial charge on any atom is -0.492 e. The molecule has 1 aliphatic heterocycles. The van der Waals surface area contributed by atoms with Crippen LogP contribution >= 0.6 is 0 Å². The Labute approximate surface area is 181 Å². The van der Waals surface area contributed by atoms with Crippen LogP contribution in [0.2, 0.25) is 0 Å². The van der Waals surface area contributed by atoms with E-state index in [9.17, 15) is 4.79 Å². The number of likely N-dealkylation sites (tertiary alicyclic amines) is 1. The molecular formula is C23H27N5O3. The van der Waals surface area contributed by atoms with Crippen LogP contribution in [0.1, 0.15) is 12.8 Å². The molecule has 8 heteroatoms. The van der Waals surface area contributed by atoms with Gasteiger partial charge in [0.2, 0.25) is 5.88 Å². The van der Waals surface area contributed by atoms with E-state index < -0.39 is 0 Å². The standard InChI is InChI=1S/C23H27N5O3/c29-23-22(25-11-16-30-20-6-2-1-3-7-20)24-10-14-28(23)19-8-9-21(26-18-19)31-17-15-27-12-4-5-13-27/h1-3,6-10,14,18H,4-5,11-13,15-17H2,(H,24,25). The highest BCUT2D eigenvalue weighted by Crippen LogP contribution is 2.12. The molecule has 0 amide bonds. The summed E-state index contributed by atoms with van der Waals surface area (Å²) in [5.74, 6) is 1.61. The van der Waals surface area contributed by atoms with E-state index in [2.05, 4.69) is 20.2 Å². The molecule has 0 bridgehead atoms. The molecule has 0 radical (unpaired) electrons. The van der Waals surface area contributed by atoms with Crippen LogP contribution in [-0.4, -0.2) is 58.8 Å². The third-order valence-corrected chi connectivity index (χ3v) is 5.10. The van der Waals surface area contributed by atoms with Crippen molar-refractivity contribution < 1.29 is 9.47 Å². The number of para-hydroxylation sites is 1. The molecule has 0 spiro atoms. The van der Waals surface area contributed by atoms with E-state index in [1.54, 1.807) is 24.7 Å². The average Bonchev–Trinajstić information content (AvgIpc) is 3.33. The van der Waals surface area contributed by atoms with Gasteiger partial charge >= 0.3 is 0 Å². The Balaban J connectivity index is 1.31. The second-order valence-corrected chi connectivity index (χ2v) is 7.29. The zero-order valence-corrected chi connectivity index (χ0v) is 17.4. The van der Waals surface area contributed by atoms with E-state index in [1.807, 2.05) is 36.4 Å². The smallest absolute Gasteiger partial charge is 0.297 e. The number of anilines is 1. The van der Waals surface area contributed by atoms with Crippen molar-refractivity contribution in [1.29, 1.82) is 0 Å². The summed E-state index contributed by atoms with van der Waals surface area (Å²) in [5.41, 5.74) is 0.412. The highest BCUT2D eigenvalue weighted by molar-refractivity contribution is 5.38. The average molecular weight is 422 g/mol. The summed E-state index contributed by atoms with van der Waals surface area (Å²) in [6.45, 7) is 4.70. The van der Waals surface area contributed by atoms with Gasteiger partial charge in [0, 0.05) is 25.0 Å². The first-order chi connectivity index (χ1) is 15.3. The minimum absolute atomic E-state index is 0.244. The predicted octanol–water partition coefficient (Wildman–Crippen LogP) is 2.59. The monoisotopic (exact) mass is 421 g/mol. The number of nitrogens with zero attached hydrogens (tertiary/aromatic N) is 4. The van der Waals surface area contributed by atoms with Gasteiger partial charge in [-0.2, -0.15) is 0 Å². The third kappa shape index (κ3) is 5.82. The first-order valence-electron chi connectivity index (χ1n) is 10.6. The lowest BCUT2D eigenvalue weighted by atomic mass is 10.3. The number of aromatic nitrogens is 3. The van der Waals surface area contributed by atoms with Crippen LogP contribution in [0.5, 0.6) is 11.6 Å². The summed E-state index contributed by atoms with van der Waals surface area (Å²) in [4.78, 5) is 23.7. The molecule has 0 saturated carbocycles. The molecule has 1 aromatic carbocycles. The van der Waals surface area contributed by atoms with Crippen LogP contribution in [0.3, 0.4) is 0 Å². The third-order valence-electron chi connectivity index (χ3n) is 5.10. The van der Waals surface area contributed by atoms with Gasteiger partial charge in [-0.15, -0.1) is 0 Å². The fourth-order valence-electron chi connectivity index (χ4n) is 3.48. The van der Waals surface area contributed by atoms with Gasteiger partial charge in [0.1, 0.15) is 19.0 Å². The molecule has 2 aromatic heterocycles. The second kappa shape index (κ2) is 10.6. The molecule has 0 aliphatic carbocycles. The lowest BCUT2D eigenvalue weighted by molar-refractivity contribution is 0.232. The summed E-state index contributed by atoms with van der Waals surface area (Å²) in [7, 11) is 0. The van der Waals surface area contributed by atoms with Crippen LogP contribution < -0.4 is 20.3 Å². The van der Waals surface area contributed by atoms with Gasteiger partial charge in [0.05, 0.1) is 18.4 Å². The molecule has 3 aromatic rings. The van der Waals surface area contributed by atoms with E-state index in [4.69, 9.17) is 9.47 Å². The SMILES string of the molecule is O=c1c(NCCOc2ccccc2)nccn1-c1ccc(OCCN2CCCC2)nc1. The molecule has 0 unspecified atom stereocenters. The van der Waals surface area contributed by atoms with E-state index >= 15 is 0 Å². The highest BCUT2D eigenvalue weighted by Gasteiger charge is 2.11. The molecule has 4 rings (SSSR count). The lowest BCUT2D eigenvalue weighted by Crippen LogP contribution is -2.25. The Morgan fingerprint density at radius 1 is 0.968 bits per heavy atom. The van der Waals surface area contributed by atoms with Crippen molar-refractivity contribution in [3.05, 3.63) is 71.4 Å². The van der Waals surface area contributed by atoms with E-state index in [1.165, 1.54) is 17.4 Å². The first-order valence-corrected chi connectivity index (χ1v) is 10.6. The Kier molecular flexibility index (Phi) is 7.12. The van der Waals surface area contributed by atoms with Crippen molar-refractivity contribution in [2.45, 2.75) is 12.8 Å². The predicted molar refractivity (Wildman–Crippen MR) is 119 cm³/mol. The van der Waals surface area contributed by atoms with Crippen molar-refractivity contribution >= 4 is 5.82 Å². The number of benzene rings is 1. The number of ether oxygens (including phenoxy) is 2. The Hall–Kier alpha value is -3.39. The lowest BCUT2D eigenvalue weighted by Gasteiger charge is -2.14. The van der Waals surface area contributed by atoms with Gasteiger partial charge < -0.3 is 14.8 Å². The summed E-state index contributed by atoms with van der Waals surface area (Å²) < 4.78 is 12.9. The maximum absolute atomic E-state index is 12.8. The summed E-state index contributed by atoms with van der Waals surface area (Å²) >= 11 is 0. The van der Waals surface area contributed by atoms with Crippen molar-refractivity contribution in [1.82, 2.24) is 19.4 Å². The molecule has 0 atom stereocenters. The molecule has 1 N–H and O–H groups in total. The molecule has 8 nitrogen and oxygen atoms in total. The molecule has 162 valence electrons. The molecule has 3 heterocycles. The molecule has 1 aliphatic rings. The van der Waals surface area contributed by atoms with Gasteiger partial charge in [0.15, 0.2) is 5.82 Å². The van der Waals surface area contributed by atoms with Gasteiger partial charge in [-0.1, -0.05) is 18.2 Å². The number of hydrogen-bond acceptors (Lipinski definition) is 7. The van der Waals surface area contributed by atoms with Crippen molar-refractivity contribution in [2.75, 3.05) is 44.7 Å². The minimum atomic E-state index is -0.244. The van der Waals surface area contributed by atoms with Crippen LogP contribution in [0.15, 0.2) is 65.8 Å². The fraction of sp³-hybridized carbons (Fsp3) is 0.348. The van der Waals surface area contributed by atoms with Gasteiger partial charge in [-0.05, 0) is 44.1 Å². The van der Waals surface area contributed by atoms with E-state index in [-0.39, 0.29) is 11.4 Å². The number of pyridine rings is 1. The van der Waals surface area contributed by atoms with Crippen molar-refractivity contribution in [2.24, 2.45) is 0 Å². The van der Waals surface area contributed by atoms with Crippen LogP contribution in [0.4, 0.5) is 5.82 Å². The number of nitrogens with one attached hydrogen (secondary N) is 1. The normalized spacial score (nSPS) is 13.8. The Morgan fingerprint density at radius 3 is 2.58 bits per heavy atom. The van der Waals surface area contributed by atoms with Crippen molar-refractivity contribution in [3.8, 4) is 17.3 Å². The molecular weight excluding hydrogens is 394 g/mol. The molecule has 1 saturated heterocycles. The quantitative estimate of drug-likeness (QED) is 0.504. The number of hydrogen-bond donors (Lipinski definition) is 1. The summed E-state index contributed by atoms with van der Waals surface area (Å²) in [6.07, 6.45) is 7.38. The largest absolute Gasteiger partial charge is 0.492 e. The summed E-state index contributed by atoms with van der Waals surface area (Å²) in [5, 5.41) is 3.04. The maximum atomic E-state index is 12.8. The summed E-state index contributed by atoms with van der Waals surface area (Å²) in [6, 6.07) is 13.1. The molecule has 1 fully saturated rings. The highest BCUT2D eigenvalue weighted by atomic mass is 16.5. The van der Waals surface area contributed by atoms with E-state index in [0.717, 1.165) is 25.4 Å². The fourth-order valence-corrected chi connectivity index (χ4v) is 3.48. The zero-order valence-electron chi connectivity index (χ0n) is 17.4. The van der Waals surface area contributed by atoms with Gasteiger partial charge in [0.25, 0.3) is 5.56 Å². The first kappa shape index (κ1) is 20.9. The second-order valence-electron chi connectivity index (χ2n) is 7.29. The molecule has 31 heavy (non-hydrogen) atoms. The Morgan fingerprint density at radius 2 is 1.81 bits per heavy atom. The van der Waals surface area contributed by atoms with Crippen LogP contribution in [0.25, 0.3) is 5.69 Å². The topological polar surface area (TPSA) is 81.5 Å². The van der Waals surface area contributed by atoms with E-state index in [0.29, 0.717) is 31.3 Å². The maximum Gasteiger partial charge on any atom is 0.297 e.